The van der Waals surface area contributed by atoms with Crippen molar-refractivity contribution in [3.8, 4) is 34.0 Å². The second-order valence-corrected chi connectivity index (χ2v) is 12.9. The van der Waals surface area contributed by atoms with Gasteiger partial charge in [0.05, 0.1) is 29.6 Å². The Balaban J connectivity index is 1.13. The zero-order chi connectivity index (χ0) is 39.9. The number of aryl methyl sites for hydroxylation is 2. The molecule has 0 saturated carbocycles. The third-order valence-corrected chi connectivity index (χ3v) is 8.86. The molecule has 4 aromatic carbocycles. The van der Waals surface area contributed by atoms with Crippen LogP contribution in [0.2, 0.25) is 0 Å². The molecule has 0 saturated heterocycles. The Morgan fingerprint density at radius 1 is 0.842 bits per heavy atom. The summed E-state index contributed by atoms with van der Waals surface area (Å²) < 4.78 is 12.8. The lowest BCUT2D eigenvalue weighted by molar-refractivity contribution is -0.497. The van der Waals surface area contributed by atoms with E-state index in [1.807, 2.05) is 54.6 Å². The van der Waals surface area contributed by atoms with Crippen molar-refractivity contribution in [3.05, 3.63) is 148 Å². The summed E-state index contributed by atoms with van der Waals surface area (Å²) in [5.41, 5.74) is 4.92. The second kappa shape index (κ2) is 17.1. The highest BCUT2D eigenvalue weighted by molar-refractivity contribution is 5.89. The van der Waals surface area contributed by atoms with Crippen molar-refractivity contribution in [1.82, 2.24) is 45.9 Å². The lowest BCUT2D eigenvalue weighted by atomic mass is 9.98. The van der Waals surface area contributed by atoms with Gasteiger partial charge in [0.15, 0.2) is 17.2 Å². The Labute approximate surface area is 324 Å². The number of rotatable bonds is 13. The minimum atomic E-state index is -1.22. The van der Waals surface area contributed by atoms with E-state index >= 15 is 0 Å². The topological polar surface area (TPSA) is 220 Å². The van der Waals surface area contributed by atoms with Crippen molar-refractivity contribution in [2.24, 2.45) is 0 Å². The first-order valence-corrected chi connectivity index (χ1v) is 17.6. The molecule has 17 heteroatoms. The van der Waals surface area contributed by atoms with Gasteiger partial charge in [-0.3, -0.25) is 19.8 Å². The monoisotopic (exact) mass is 769 g/mol. The summed E-state index contributed by atoms with van der Waals surface area (Å²) in [5, 5.41) is 34.5. The molecule has 1 unspecified atom stereocenters. The van der Waals surface area contributed by atoms with Gasteiger partial charge in [0, 0.05) is 18.1 Å². The van der Waals surface area contributed by atoms with Crippen LogP contribution in [-0.2, 0) is 29.2 Å². The Kier molecular flexibility index (Phi) is 11.4. The maximum atomic E-state index is 13.8. The number of benzene rings is 4. The molecule has 0 radical (unpaired) electrons. The molecule has 0 fully saturated rings. The standard InChI is InChI=1S/C40H35N9O8/c1-24-36-34(57-40(52)43-33(20-26-9-4-3-5-10-26)39(51)56-30-12-8-11-28(19-30)23-55-49(53)54)21-35(50)48(38(36)42-25(2)41-24)22-27-15-17-29(18-16-27)31-13-6-7-14-32(31)37-44-46-47-45-37/h3-19,21,33,53-54H,20,22-23H2,1-2H3,(H,43,52)(H,44,45,46,47). The molecule has 3 aromatic heterocycles. The number of carbonyl (C=O) groups excluding carboxylic acids is 2. The molecule has 0 aliphatic carbocycles. The van der Waals surface area contributed by atoms with Crippen LogP contribution in [0.1, 0.15) is 28.2 Å². The molecule has 0 aliphatic rings. The van der Waals surface area contributed by atoms with Crippen molar-refractivity contribution in [2.75, 3.05) is 0 Å². The Bertz CT molecular complexity index is 2580. The summed E-state index contributed by atoms with van der Waals surface area (Å²) in [6.07, 6.45) is -0.969. The first-order valence-electron chi connectivity index (χ1n) is 17.6. The van der Waals surface area contributed by atoms with Crippen LogP contribution in [-0.4, -0.2) is 69.1 Å². The Hall–Kier alpha value is -7.18. The van der Waals surface area contributed by atoms with Gasteiger partial charge >= 0.3 is 12.1 Å². The second-order valence-electron chi connectivity index (χ2n) is 12.9. The van der Waals surface area contributed by atoms with E-state index in [2.05, 4.69) is 40.7 Å². The van der Waals surface area contributed by atoms with Crippen LogP contribution in [0.5, 0.6) is 11.5 Å². The summed E-state index contributed by atoms with van der Waals surface area (Å²) >= 11 is 0. The number of aromatic nitrogens is 7. The zero-order valence-corrected chi connectivity index (χ0v) is 30.6. The number of amides is 1. The lowest BCUT2D eigenvalue weighted by Crippen LogP contribution is -2.45. The lowest BCUT2D eigenvalue weighted by Gasteiger charge is -2.19. The fourth-order valence-corrected chi connectivity index (χ4v) is 6.30. The van der Waals surface area contributed by atoms with Gasteiger partial charge < -0.3 is 14.8 Å². The molecule has 57 heavy (non-hydrogen) atoms. The molecule has 7 aromatic rings. The number of hydrogen-bond acceptors (Lipinski definition) is 14. The first kappa shape index (κ1) is 38.1. The Morgan fingerprint density at radius 3 is 2.32 bits per heavy atom. The van der Waals surface area contributed by atoms with E-state index in [1.165, 1.54) is 22.8 Å². The molecule has 0 aliphatic heterocycles. The van der Waals surface area contributed by atoms with E-state index in [9.17, 15) is 14.4 Å². The quantitative estimate of drug-likeness (QED) is 0.0680. The minimum absolute atomic E-state index is 0.0485. The molecule has 17 nitrogen and oxygen atoms in total. The predicted octanol–water partition coefficient (Wildman–Crippen LogP) is 5.12. The number of nitrogens with one attached hydrogen (secondary N) is 2. The summed E-state index contributed by atoms with van der Waals surface area (Å²) in [7, 11) is 0. The molecule has 3 heterocycles. The number of fused-ring (bicyclic) bond motifs is 1. The molecule has 1 atom stereocenters. The highest BCUT2D eigenvalue weighted by atomic mass is 17.1. The van der Waals surface area contributed by atoms with Crippen molar-refractivity contribution in [1.29, 1.82) is 0 Å². The fraction of sp³-hybridized carbons (Fsp3) is 0.150. The number of esters is 1. The highest BCUT2D eigenvalue weighted by Gasteiger charge is 2.26. The maximum Gasteiger partial charge on any atom is 0.413 e. The normalized spacial score (nSPS) is 11.7. The third-order valence-electron chi connectivity index (χ3n) is 8.86. The number of aromatic amines is 1. The van der Waals surface area contributed by atoms with Crippen molar-refractivity contribution in [2.45, 2.75) is 39.5 Å². The molecular formula is C40H35N9O8. The van der Waals surface area contributed by atoms with Crippen LogP contribution in [0.4, 0.5) is 4.79 Å². The van der Waals surface area contributed by atoms with E-state index in [1.54, 1.807) is 50.2 Å². The van der Waals surface area contributed by atoms with Crippen LogP contribution >= 0.6 is 0 Å². The molecule has 0 bridgehead atoms. The Morgan fingerprint density at radius 2 is 1.58 bits per heavy atom. The van der Waals surface area contributed by atoms with Crippen LogP contribution in [0.15, 0.2) is 114 Å². The summed E-state index contributed by atoms with van der Waals surface area (Å²) in [5.74, 6) is 0.180. The largest absolute Gasteiger partial charge is 0.425 e. The first-order chi connectivity index (χ1) is 27.6. The molecule has 1 amide bonds. The van der Waals surface area contributed by atoms with E-state index in [0.717, 1.165) is 27.8 Å². The number of hydrogen-bond donors (Lipinski definition) is 4. The van der Waals surface area contributed by atoms with Gasteiger partial charge in [0.25, 0.3) is 5.56 Å². The van der Waals surface area contributed by atoms with Gasteiger partial charge in [-0.25, -0.2) is 29.5 Å². The molecule has 7 rings (SSSR count). The van der Waals surface area contributed by atoms with E-state index < -0.39 is 29.1 Å². The number of ether oxygens (including phenoxy) is 2. The number of carbonyl (C=O) groups is 2. The van der Waals surface area contributed by atoms with Gasteiger partial charge in [-0.1, -0.05) is 91.0 Å². The average molecular weight is 770 g/mol. The van der Waals surface area contributed by atoms with Crippen molar-refractivity contribution < 1.29 is 34.3 Å². The summed E-state index contributed by atoms with van der Waals surface area (Å²) in [6, 6.07) is 30.6. The predicted molar refractivity (Wildman–Crippen MR) is 203 cm³/mol. The maximum absolute atomic E-state index is 13.8. The van der Waals surface area contributed by atoms with E-state index in [4.69, 9.17) is 19.9 Å². The van der Waals surface area contributed by atoms with Crippen LogP contribution in [0, 0.1) is 13.8 Å². The highest BCUT2D eigenvalue weighted by Crippen LogP contribution is 2.31. The third kappa shape index (κ3) is 9.21. The number of nitrogens with zero attached hydrogens (tertiary/aromatic N) is 7. The van der Waals surface area contributed by atoms with Crippen LogP contribution < -0.4 is 20.3 Å². The molecule has 4 N–H and O–H groups in total. The smallest absolute Gasteiger partial charge is 0.413 e. The van der Waals surface area contributed by atoms with Gasteiger partial charge in [0.2, 0.25) is 0 Å². The van der Waals surface area contributed by atoms with E-state index in [0.29, 0.717) is 28.3 Å². The van der Waals surface area contributed by atoms with Gasteiger partial charge in [0.1, 0.15) is 17.6 Å². The molecular weight excluding hydrogens is 734 g/mol. The van der Waals surface area contributed by atoms with Crippen LogP contribution in [0.3, 0.4) is 0 Å². The number of H-pyrrole nitrogens is 1. The van der Waals surface area contributed by atoms with Gasteiger partial charge in [-0.05, 0) is 64.2 Å². The van der Waals surface area contributed by atoms with Gasteiger partial charge in [-0.15, -0.1) is 5.10 Å². The molecule has 288 valence electrons. The SMILES string of the molecule is Cc1nc(C)c2c(OC(=O)NC(Cc3ccccc3)C(=O)Oc3cccc(CON(O)O)c3)cc(=O)n(Cc3ccc(-c4ccccc4-c4nnn[nH]4)cc3)c2n1. The van der Waals surface area contributed by atoms with Gasteiger partial charge in [-0.2, -0.15) is 0 Å². The number of tetrazole rings is 1. The summed E-state index contributed by atoms with van der Waals surface area (Å²) in [6.45, 7) is 3.35. The fourth-order valence-electron chi connectivity index (χ4n) is 6.30. The average Bonchev–Trinajstić information content (AvgIpc) is 3.74. The van der Waals surface area contributed by atoms with Crippen molar-refractivity contribution >= 4 is 23.1 Å². The van der Waals surface area contributed by atoms with Crippen molar-refractivity contribution in [3.63, 3.8) is 0 Å². The zero-order valence-electron chi connectivity index (χ0n) is 30.6. The molecule has 0 spiro atoms. The summed E-state index contributed by atoms with van der Waals surface area (Å²) in [4.78, 5) is 54.6. The minimum Gasteiger partial charge on any atom is -0.425 e. The van der Waals surface area contributed by atoms with Crippen LogP contribution in [0.25, 0.3) is 33.5 Å². The van der Waals surface area contributed by atoms with E-state index in [-0.39, 0.29) is 36.7 Å². The number of pyridine rings is 1.